The molecule has 2 rings (SSSR count). The zero-order valence-corrected chi connectivity index (χ0v) is 9.97. The highest BCUT2D eigenvalue weighted by Crippen LogP contribution is 2.48. The van der Waals surface area contributed by atoms with Crippen molar-refractivity contribution in [1.82, 2.24) is 0 Å². The van der Waals surface area contributed by atoms with E-state index in [0.717, 1.165) is 23.7 Å². The van der Waals surface area contributed by atoms with E-state index < -0.39 is 0 Å². The molecule has 2 aliphatic carbocycles. The molecule has 4 atom stereocenters. The summed E-state index contributed by atoms with van der Waals surface area (Å²) in [7, 11) is 0. The lowest BCUT2D eigenvalue weighted by Gasteiger charge is -2.46. The Bertz CT molecular complexity index is 153. The fourth-order valence-corrected chi connectivity index (χ4v) is 4.23. The van der Waals surface area contributed by atoms with Crippen LogP contribution in [0.5, 0.6) is 0 Å². The van der Waals surface area contributed by atoms with Crippen LogP contribution in [0.2, 0.25) is 0 Å². The predicted octanol–water partition coefficient (Wildman–Crippen LogP) is 4.64. The first-order chi connectivity index (χ1) is 6.86. The lowest BCUT2D eigenvalue weighted by molar-refractivity contribution is 0.0466. The van der Waals surface area contributed by atoms with Gasteiger partial charge < -0.3 is 0 Å². The summed E-state index contributed by atoms with van der Waals surface area (Å²) in [6.45, 7) is 4.81. The van der Waals surface area contributed by atoms with Crippen LogP contribution in [0.15, 0.2) is 0 Å². The van der Waals surface area contributed by atoms with E-state index in [2.05, 4.69) is 13.8 Å². The monoisotopic (exact) mass is 194 g/mol. The van der Waals surface area contributed by atoms with Crippen molar-refractivity contribution >= 4 is 0 Å². The zero-order chi connectivity index (χ0) is 9.97. The molecule has 0 bridgehead atoms. The largest absolute Gasteiger partial charge is 0.0651 e. The minimum Gasteiger partial charge on any atom is -0.0651 e. The van der Waals surface area contributed by atoms with Crippen LogP contribution >= 0.6 is 0 Å². The molecule has 14 heavy (non-hydrogen) atoms. The Hall–Kier alpha value is 0. The molecular formula is C14H26. The molecule has 0 amide bonds. The molecular weight excluding hydrogens is 168 g/mol. The first kappa shape index (κ1) is 10.5. The van der Waals surface area contributed by atoms with Crippen molar-refractivity contribution in [3.8, 4) is 0 Å². The topological polar surface area (TPSA) is 0 Å². The Labute approximate surface area is 89.5 Å². The highest BCUT2D eigenvalue weighted by atomic mass is 14.4. The predicted molar refractivity (Wildman–Crippen MR) is 62.2 cm³/mol. The van der Waals surface area contributed by atoms with Crippen LogP contribution in [0, 0.1) is 23.7 Å². The van der Waals surface area contributed by atoms with Crippen LogP contribution < -0.4 is 0 Å². The van der Waals surface area contributed by atoms with E-state index in [1.54, 1.807) is 12.8 Å². The molecule has 2 fully saturated rings. The Morgan fingerprint density at radius 3 is 1.50 bits per heavy atom. The lowest BCUT2D eigenvalue weighted by atomic mass is 9.60. The standard InChI is InChI=1S/C14H26/c1-3-11-9-10-12(4-2)14-8-6-5-7-13(11)14/h11-14H,3-10H2,1-2H3. The summed E-state index contributed by atoms with van der Waals surface area (Å²) in [4.78, 5) is 0. The van der Waals surface area contributed by atoms with Gasteiger partial charge in [0.15, 0.2) is 0 Å². The second-order valence-electron chi connectivity index (χ2n) is 5.53. The van der Waals surface area contributed by atoms with Crippen LogP contribution in [-0.4, -0.2) is 0 Å². The summed E-state index contributed by atoms with van der Waals surface area (Å²) in [5.74, 6) is 4.41. The molecule has 82 valence electrons. The first-order valence-corrected chi connectivity index (χ1v) is 6.86. The number of rotatable bonds is 2. The van der Waals surface area contributed by atoms with Gasteiger partial charge in [-0.3, -0.25) is 0 Å². The second kappa shape index (κ2) is 4.68. The minimum absolute atomic E-state index is 1.09. The molecule has 0 saturated heterocycles. The van der Waals surface area contributed by atoms with Crippen LogP contribution in [0.3, 0.4) is 0 Å². The van der Waals surface area contributed by atoms with E-state index in [-0.39, 0.29) is 0 Å². The van der Waals surface area contributed by atoms with E-state index >= 15 is 0 Å². The Kier molecular flexibility index (Phi) is 3.52. The molecule has 0 heteroatoms. The van der Waals surface area contributed by atoms with Gasteiger partial charge in [0.05, 0.1) is 0 Å². The molecule has 0 radical (unpaired) electrons. The summed E-state index contributed by atoms with van der Waals surface area (Å²) in [5.41, 5.74) is 0. The smallest absolute Gasteiger partial charge is 0.0355 e. The van der Waals surface area contributed by atoms with Gasteiger partial charge in [0.2, 0.25) is 0 Å². The average Bonchev–Trinajstić information content (AvgIpc) is 2.27. The van der Waals surface area contributed by atoms with Gasteiger partial charge in [0.1, 0.15) is 0 Å². The Morgan fingerprint density at radius 2 is 1.14 bits per heavy atom. The normalized spacial score (nSPS) is 43.3. The summed E-state index contributed by atoms with van der Waals surface area (Å²) in [6, 6.07) is 0. The third kappa shape index (κ3) is 1.85. The third-order valence-corrected chi connectivity index (χ3v) is 5.04. The summed E-state index contributed by atoms with van der Waals surface area (Å²) in [5, 5.41) is 0. The van der Waals surface area contributed by atoms with Crippen molar-refractivity contribution in [3.05, 3.63) is 0 Å². The summed E-state index contributed by atoms with van der Waals surface area (Å²) < 4.78 is 0. The lowest BCUT2D eigenvalue weighted by Crippen LogP contribution is -2.36. The Balaban J connectivity index is 2.05. The molecule has 0 aromatic carbocycles. The second-order valence-corrected chi connectivity index (χ2v) is 5.53. The maximum atomic E-state index is 2.41. The molecule has 0 aromatic heterocycles. The van der Waals surface area contributed by atoms with E-state index in [1.165, 1.54) is 38.5 Å². The van der Waals surface area contributed by atoms with Crippen molar-refractivity contribution < 1.29 is 0 Å². The highest BCUT2D eigenvalue weighted by Gasteiger charge is 2.38. The van der Waals surface area contributed by atoms with Crippen molar-refractivity contribution in [2.45, 2.75) is 65.2 Å². The number of hydrogen-bond donors (Lipinski definition) is 0. The quantitative estimate of drug-likeness (QED) is 0.601. The van der Waals surface area contributed by atoms with Crippen molar-refractivity contribution in [1.29, 1.82) is 0 Å². The molecule has 0 aromatic rings. The highest BCUT2D eigenvalue weighted by molar-refractivity contribution is 4.88. The van der Waals surface area contributed by atoms with Crippen LogP contribution in [0.25, 0.3) is 0 Å². The van der Waals surface area contributed by atoms with Gasteiger partial charge in [-0.15, -0.1) is 0 Å². The molecule has 0 N–H and O–H groups in total. The molecule has 0 aliphatic heterocycles. The molecule has 0 heterocycles. The van der Waals surface area contributed by atoms with Crippen LogP contribution in [0.1, 0.15) is 65.2 Å². The summed E-state index contributed by atoms with van der Waals surface area (Å²) in [6.07, 6.45) is 12.1. The van der Waals surface area contributed by atoms with Gasteiger partial charge in [-0.05, 0) is 49.4 Å². The minimum atomic E-state index is 1.09. The van der Waals surface area contributed by atoms with Gasteiger partial charge in [0, 0.05) is 0 Å². The summed E-state index contributed by atoms with van der Waals surface area (Å²) >= 11 is 0. The maximum Gasteiger partial charge on any atom is -0.0355 e. The molecule has 2 saturated carbocycles. The zero-order valence-electron chi connectivity index (χ0n) is 9.97. The Morgan fingerprint density at radius 1 is 0.714 bits per heavy atom. The first-order valence-electron chi connectivity index (χ1n) is 6.86. The van der Waals surface area contributed by atoms with Crippen molar-refractivity contribution in [2.24, 2.45) is 23.7 Å². The van der Waals surface area contributed by atoms with E-state index in [0.29, 0.717) is 0 Å². The van der Waals surface area contributed by atoms with Crippen LogP contribution in [0.4, 0.5) is 0 Å². The van der Waals surface area contributed by atoms with E-state index in [1.807, 2.05) is 0 Å². The van der Waals surface area contributed by atoms with Gasteiger partial charge in [-0.1, -0.05) is 39.5 Å². The van der Waals surface area contributed by atoms with E-state index in [4.69, 9.17) is 0 Å². The number of hydrogen-bond acceptors (Lipinski definition) is 0. The molecule has 2 aliphatic rings. The van der Waals surface area contributed by atoms with Crippen molar-refractivity contribution in [2.75, 3.05) is 0 Å². The number of fused-ring (bicyclic) bond motifs is 1. The molecule has 0 spiro atoms. The average molecular weight is 194 g/mol. The van der Waals surface area contributed by atoms with E-state index in [9.17, 15) is 0 Å². The van der Waals surface area contributed by atoms with Gasteiger partial charge >= 0.3 is 0 Å². The maximum absolute atomic E-state index is 2.41. The SMILES string of the molecule is CCC1CCC(CC)C2CCCCC12. The van der Waals surface area contributed by atoms with Crippen LogP contribution in [-0.2, 0) is 0 Å². The van der Waals surface area contributed by atoms with Crippen molar-refractivity contribution in [3.63, 3.8) is 0 Å². The van der Waals surface area contributed by atoms with Gasteiger partial charge in [-0.2, -0.15) is 0 Å². The van der Waals surface area contributed by atoms with Gasteiger partial charge in [0.25, 0.3) is 0 Å². The fraction of sp³-hybridized carbons (Fsp3) is 1.00. The fourth-order valence-electron chi connectivity index (χ4n) is 4.23. The molecule has 0 nitrogen and oxygen atoms in total. The van der Waals surface area contributed by atoms with Gasteiger partial charge in [-0.25, -0.2) is 0 Å². The molecule has 4 unspecified atom stereocenters. The third-order valence-electron chi connectivity index (χ3n) is 5.04.